The molecule has 0 saturated carbocycles. The molecule has 0 aromatic heterocycles. The molecule has 0 heterocycles. The summed E-state index contributed by atoms with van der Waals surface area (Å²) in [7, 11) is 0. The van der Waals surface area contributed by atoms with Crippen molar-refractivity contribution in [3.8, 4) is 5.75 Å². The van der Waals surface area contributed by atoms with E-state index in [0.717, 1.165) is 0 Å². The second-order valence-corrected chi connectivity index (χ2v) is 3.85. The largest absolute Gasteiger partial charge is 0.508 e. The molecule has 3 nitrogen and oxygen atoms in total. The minimum atomic E-state index is 0.0171. The van der Waals surface area contributed by atoms with E-state index >= 15 is 0 Å². The Morgan fingerprint density at radius 2 is 1.93 bits per heavy atom. The van der Waals surface area contributed by atoms with Crippen molar-refractivity contribution in [2.75, 3.05) is 18.1 Å². The fourth-order valence-corrected chi connectivity index (χ4v) is 1.59. The Balaban J connectivity index is 2.48. The molecule has 4 heteroatoms. The van der Waals surface area contributed by atoms with E-state index in [4.69, 9.17) is 10.2 Å². The van der Waals surface area contributed by atoms with E-state index in [1.165, 1.54) is 23.9 Å². The van der Waals surface area contributed by atoms with Crippen LogP contribution in [0.2, 0.25) is 0 Å². The number of Topliss-reactive ketones (excluding diaryl/α,β-unsaturated/α-hetero) is 1. The van der Waals surface area contributed by atoms with Crippen molar-refractivity contribution in [3.05, 3.63) is 29.8 Å². The van der Waals surface area contributed by atoms with Gasteiger partial charge in [-0.15, -0.1) is 0 Å². The van der Waals surface area contributed by atoms with Crippen LogP contribution in [-0.4, -0.2) is 34.1 Å². The Morgan fingerprint density at radius 1 is 1.29 bits per heavy atom. The van der Waals surface area contributed by atoms with Crippen LogP contribution in [0.5, 0.6) is 5.75 Å². The zero-order valence-electron chi connectivity index (χ0n) is 7.64. The molecule has 0 aliphatic carbocycles. The number of aliphatic hydroxyl groups is 1. The van der Waals surface area contributed by atoms with Crippen LogP contribution in [0, 0.1) is 0 Å². The van der Waals surface area contributed by atoms with Crippen molar-refractivity contribution in [3.63, 3.8) is 0 Å². The van der Waals surface area contributed by atoms with Crippen LogP contribution in [0.15, 0.2) is 24.3 Å². The fraction of sp³-hybridized carbons (Fsp3) is 0.300. The van der Waals surface area contributed by atoms with Crippen molar-refractivity contribution < 1.29 is 15.0 Å². The van der Waals surface area contributed by atoms with E-state index in [1.54, 1.807) is 12.1 Å². The highest BCUT2D eigenvalue weighted by Crippen LogP contribution is 2.12. The van der Waals surface area contributed by atoms with Gasteiger partial charge in [-0.1, -0.05) is 0 Å². The van der Waals surface area contributed by atoms with Gasteiger partial charge in [0.25, 0.3) is 0 Å². The number of hydrogen-bond acceptors (Lipinski definition) is 4. The number of aliphatic hydroxyl groups excluding tert-OH is 1. The van der Waals surface area contributed by atoms with Crippen LogP contribution in [0.4, 0.5) is 0 Å². The number of ketones is 1. The lowest BCUT2D eigenvalue weighted by Crippen LogP contribution is -2.03. The molecular formula is C10H12O3S. The van der Waals surface area contributed by atoms with E-state index < -0.39 is 0 Å². The molecule has 76 valence electrons. The Labute approximate surface area is 86.8 Å². The number of thioether (sulfide) groups is 1. The summed E-state index contributed by atoms with van der Waals surface area (Å²) in [6.45, 7) is 0.0908. The van der Waals surface area contributed by atoms with Crippen molar-refractivity contribution in [2.45, 2.75) is 0 Å². The summed E-state index contributed by atoms with van der Waals surface area (Å²) in [6, 6.07) is 6.17. The minimum absolute atomic E-state index is 0.0171. The van der Waals surface area contributed by atoms with Gasteiger partial charge in [-0.2, -0.15) is 11.8 Å². The van der Waals surface area contributed by atoms with Crippen molar-refractivity contribution >= 4 is 17.5 Å². The number of phenols is 1. The summed E-state index contributed by atoms with van der Waals surface area (Å²) in [5.41, 5.74) is 0.591. The predicted molar refractivity (Wildman–Crippen MR) is 56.8 cm³/mol. The SMILES string of the molecule is O=C(CSCCO)c1ccc(O)cc1. The highest BCUT2D eigenvalue weighted by Gasteiger charge is 2.04. The number of carbonyl (C=O) groups is 1. The highest BCUT2D eigenvalue weighted by molar-refractivity contribution is 8.00. The second kappa shape index (κ2) is 5.67. The van der Waals surface area contributed by atoms with E-state index in [9.17, 15) is 4.79 Å². The first kappa shape index (κ1) is 11.1. The monoisotopic (exact) mass is 212 g/mol. The molecular weight excluding hydrogens is 200 g/mol. The summed E-state index contributed by atoms with van der Waals surface area (Å²) in [5.74, 6) is 1.11. The zero-order valence-corrected chi connectivity index (χ0v) is 8.46. The van der Waals surface area contributed by atoms with Gasteiger partial charge >= 0.3 is 0 Å². The summed E-state index contributed by atoms with van der Waals surface area (Å²) in [4.78, 5) is 11.4. The third-order valence-electron chi connectivity index (χ3n) is 1.66. The average Bonchev–Trinajstić information content (AvgIpc) is 2.19. The number of phenolic OH excluding ortho intramolecular Hbond substituents is 1. The highest BCUT2D eigenvalue weighted by atomic mass is 32.2. The van der Waals surface area contributed by atoms with Crippen LogP contribution in [0.25, 0.3) is 0 Å². The second-order valence-electron chi connectivity index (χ2n) is 2.75. The Hall–Kier alpha value is -1.00. The van der Waals surface area contributed by atoms with E-state index in [0.29, 0.717) is 17.1 Å². The number of benzene rings is 1. The molecule has 0 amide bonds. The quantitative estimate of drug-likeness (QED) is 0.570. The molecule has 14 heavy (non-hydrogen) atoms. The number of aromatic hydroxyl groups is 1. The van der Waals surface area contributed by atoms with Crippen molar-refractivity contribution in [1.82, 2.24) is 0 Å². The lowest BCUT2D eigenvalue weighted by atomic mass is 10.1. The molecule has 0 saturated heterocycles. The van der Waals surface area contributed by atoms with Gasteiger partial charge in [-0.3, -0.25) is 4.79 Å². The predicted octanol–water partition coefficient (Wildman–Crippen LogP) is 1.30. The summed E-state index contributed by atoms with van der Waals surface area (Å²) < 4.78 is 0. The van der Waals surface area contributed by atoms with Crippen LogP contribution in [0.1, 0.15) is 10.4 Å². The maximum atomic E-state index is 11.4. The first-order chi connectivity index (χ1) is 6.74. The van der Waals surface area contributed by atoms with Gasteiger partial charge in [-0.05, 0) is 24.3 Å². The number of carbonyl (C=O) groups excluding carboxylic acids is 1. The average molecular weight is 212 g/mol. The fourth-order valence-electron chi connectivity index (χ4n) is 0.960. The van der Waals surface area contributed by atoms with Crippen LogP contribution >= 0.6 is 11.8 Å². The molecule has 0 fully saturated rings. The van der Waals surface area contributed by atoms with Crippen LogP contribution in [0.3, 0.4) is 0 Å². The van der Waals surface area contributed by atoms with E-state index in [-0.39, 0.29) is 18.1 Å². The van der Waals surface area contributed by atoms with Gasteiger partial charge in [0.05, 0.1) is 12.4 Å². The van der Waals surface area contributed by atoms with Gasteiger partial charge in [0, 0.05) is 11.3 Å². The molecule has 0 atom stereocenters. The number of rotatable bonds is 5. The van der Waals surface area contributed by atoms with Gasteiger partial charge in [0.2, 0.25) is 0 Å². The van der Waals surface area contributed by atoms with Crippen LogP contribution in [-0.2, 0) is 0 Å². The van der Waals surface area contributed by atoms with Crippen molar-refractivity contribution in [1.29, 1.82) is 0 Å². The lowest BCUT2D eigenvalue weighted by molar-refractivity contribution is 0.102. The number of hydrogen-bond donors (Lipinski definition) is 2. The molecule has 1 aromatic carbocycles. The smallest absolute Gasteiger partial charge is 0.172 e. The normalized spacial score (nSPS) is 10.1. The maximum Gasteiger partial charge on any atom is 0.172 e. The molecule has 2 N–H and O–H groups in total. The standard InChI is InChI=1S/C10H12O3S/c11-5-6-14-7-10(13)8-1-3-9(12)4-2-8/h1-4,11-12H,5-7H2. The van der Waals surface area contributed by atoms with E-state index in [1.807, 2.05) is 0 Å². The Morgan fingerprint density at radius 3 is 2.50 bits per heavy atom. The Kier molecular flexibility index (Phi) is 4.49. The molecule has 1 rings (SSSR count). The topological polar surface area (TPSA) is 57.5 Å². The first-order valence-corrected chi connectivity index (χ1v) is 5.40. The Bertz CT molecular complexity index is 295. The molecule has 0 aliphatic heterocycles. The first-order valence-electron chi connectivity index (χ1n) is 4.25. The summed E-state index contributed by atoms with van der Waals surface area (Å²) in [6.07, 6.45) is 0. The van der Waals surface area contributed by atoms with Crippen molar-refractivity contribution in [2.24, 2.45) is 0 Å². The van der Waals surface area contributed by atoms with E-state index in [2.05, 4.69) is 0 Å². The third kappa shape index (κ3) is 3.40. The van der Waals surface area contributed by atoms with Gasteiger partial charge < -0.3 is 10.2 Å². The molecule has 0 bridgehead atoms. The summed E-state index contributed by atoms with van der Waals surface area (Å²) >= 11 is 1.40. The van der Waals surface area contributed by atoms with Gasteiger partial charge in [0.1, 0.15) is 5.75 Å². The molecule has 0 spiro atoms. The lowest BCUT2D eigenvalue weighted by Gasteiger charge is -2.00. The zero-order chi connectivity index (χ0) is 10.4. The molecule has 0 unspecified atom stereocenters. The maximum absolute atomic E-state index is 11.4. The summed E-state index contributed by atoms with van der Waals surface area (Å²) in [5, 5.41) is 17.5. The molecule has 0 aliphatic rings. The molecule has 1 aromatic rings. The minimum Gasteiger partial charge on any atom is -0.508 e. The van der Waals surface area contributed by atoms with Gasteiger partial charge in [-0.25, -0.2) is 0 Å². The van der Waals surface area contributed by atoms with Crippen LogP contribution < -0.4 is 0 Å². The van der Waals surface area contributed by atoms with Gasteiger partial charge in [0.15, 0.2) is 5.78 Å². The third-order valence-corrected chi connectivity index (χ3v) is 2.60. The molecule has 0 radical (unpaired) electrons.